The second-order valence-electron chi connectivity index (χ2n) is 4.27. The van der Waals surface area contributed by atoms with E-state index in [1.165, 1.54) is 0 Å². The molecule has 0 aromatic heterocycles. The summed E-state index contributed by atoms with van der Waals surface area (Å²) < 4.78 is 0. The summed E-state index contributed by atoms with van der Waals surface area (Å²) in [6.07, 6.45) is 3.73. The molecular weight excluding hydrogens is 230 g/mol. The zero-order valence-electron chi connectivity index (χ0n) is 11.7. The fourth-order valence-electron chi connectivity index (χ4n) is 1.74. The summed E-state index contributed by atoms with van der Waals surface area (Å²) in [6, 6.07) is 0. The minimum atomic E-state index is 0.0272. The summed E-state index contributed by atoms with van der Waals surface area (Å²) >= 11 is 0. The molecule has 0 heterocycles. The number of unbranched alkanes of at least 4 members (excludes halogenated alkanes) is 2. The van der Waals surface area contributed by atoms with Gasteiger partial charge in [0.25, 0.3) is 0 Å². The van der Waals surface area contributed by atoms with Gasteiger partial charge in [-0.15, -0.1) is 0 Å². The summed E-state index contributed by atoms with van der Waals surface area (Å²) in [6.45, 7) is 6.48. The maximum absolute atomic E-state index is 11.6. The van der Waals surface area contributed by atoms with Gasteiger partial charge in [0.15, 0.2) is 0 Å². The summed E-state index contributed by atoms with van der Waals surface area (Å²) in [5.74, 6) is 0.128. The first kappa shape index (κ1) is 16.9. The standard InChI is InChI=1S/C13H27N3O2/c1-3-16(4-2)13(18)9-11-15-12(17)8-6-5-7-10-14/h3-11,14H2,1-2H3,(H,15,17). The number of carbonyl (C=O) groups is 2. The van der Waals surface area contributed by atoms with Gasteiger partial charge in [-0.1, -0.05) is 6.42 Å². The molecule has 5 nitrogen and oxygen atoms in total. The molecule has 2 amide bonds. The largest absolute Gasteiger partial charge is 0.356 e. The van der Waals surface area contributed by atoms with Crippen LogP contribution in [-0.2, 0) is 9.59 Å². The van der Waals surface area contributed by atoms with Gasteiger partial charge in [0.2, 0.25) is 11.8 Å². The molecule has 0 atom stereocenters. The van der Waals surface area contributed by atoms with Gasteiger partial charge in [0.1, 0.15) is 0 Å². The number of nitrogens with zero attached hydrogens (tertiary/aromatic N) is 1. The fourth-order valence-corrected chi connectivity index (χ4v) is 1.74. The quantitative estimate of drug-likeness (QED) is 0.570. The number of nitrogens with two attached hydrogens (primary N) is 1. The predicted molar refractivity (Wildman–Crippen MR) is 73.1 cm³/mol. The molecule has 5 heteroatoms. The van der Waals surface area contributed by atoms with E-state index in [2.05, 4.69) is 5.32 Å². The molecule has 0 rings (SSSR count). The molecule has 0 spiro atoms. The number of amides is 2. The van der Waals surface area contributed by atoms with Gasteiger partial charge in [-0.3, -0.25) is 9.59 Å². The summed E-state index contributed by atoms with van der Waals surface area (Å²) in [7, 11) is 0. The minimum absolute atomic E-state index is 0.0272. The fraction of sp³-hybridized carbons (Fsp3) is 0.846. The lowest BCUT2D eigenvalue weighted by atomic mass is 10.2. The Morgan fingerprint density at radius 3 is 2.28 bits per heavy atom. The molecule has 0 radical (unpaired) electrons. The maximum atomic E-state index is 11.6. The Kier molecular flexibility index (Phi) is 10.3. The van der Waals surface area contributed by atoms with E-state index in [0.29, 0.717) is 25.9 Å². The first-order valence-corrected chi connectivity index (χ1v) is 6.90. The molecule has 18 heavy (non-hydrogen) atoms. The highest BCUT2D eigenvalue weighted by atomic mass is 16.2. The SMILES string of the molecule is CCN(CC)C(=O)CCNC(=O)CCCCCN. The van der Waals surface area contributed by atoms with Crippen molar-refractivity contribution in [1.29, 1.82) is 0 Å². The number of carbonyl (C=O) groups excluding carboxylic acids is 2. The molecule has 0 aliphatic rings. The Balaban J connectivity index is 3.58. The zero-order valence-corrected chi connectivity index (χ0v) is 11.7. The van der Waals surface area contributed by atoms with E-state index in [1.54, 1.807) is 4.90 Å². The van der Waals surface area contributed by atoms with E-state index in [4.69, 9.17) is 5.73 Å². The number of rotatable bonds is 10. The van der Waals surface area contributed by atoms with E-state index in [0.717, 1.165) is 32.4 Å². The van der Waals surface area contributed by atoms with Crippen molar-refractivity contribution >= 4 is 11.8 Å². The Hall–Kier alpha value is -1.10. The molecule has 3 N–H and O–H groups in total. The maximum Gasteiger partial charge on any atom is 0.224 e. The topological polar surface area (TPSA) is 75.4 Å². The first-order valence-electron chi connectivity index (χ1n) is 6.90. The lowest BCUT2D eigenvalue weighted by Crippen LogP contribution is -2.34. The molecule has 0 aliphatic carbocycles. The molecular formula is C13H27N3O2. The highest BCUT2D eigenvalue weighted by Crippen LogP contribution is 1.98. The van der Waals surface area contributed by atoms with Crippen LogP contribution >= 0.6 is 0 Å². The Labute approximate surface area is 110 Å². The van der Waals surface area contributed by atoms with E-state index < -0.39 is 0 Å². The summed E-state index contributed by atoms with van der Waals surface area (Å²) in [5, 5.41) is 2.78. The zero-order chi connectivity index (χ0) is 13.8. The van der Waals surface area contributed by atoms with Crippen molar-refractivity contribution in [3.63, 3.8) is 0 Å². The molecule has 106 valence electrons. The van der Waals surface area contributed by atoms with Crippen LogP contribution in [0.1, 0.15) is 46.0 Å². The Bertz CT molecular complexity index is 240. The van der Waals surface area contributed by atoms with E-state index in [-0.39, 0.29) is 11.8 Å². The second kappa shape index (κ2) is 11.0. The van der Waals surface area contributed by atoms with Crippen LogP contribution in [-0.4, -0.2) is 42.9 Å². The molecule has 0 saturated carbocycles. The van der Waals surface area contributed by atoms with E-state index >= 15 is 0 Å². The van der Waals surface area contributed by atoms with Crippen molar-refractivity contribution in [3.8, 4) is 0 Å². The third-order valence-corrected chi connectivity index (χ3v) is 2.89. The van der Waals surface area contributed by atoms with Crippen LogP contribution in [0.2, 0.25) is 0 Å². The average molecular weight is 257 g/mol. The van der Waals surface area contributed by atoms with Gasteiger partial charge in [0.05, 0.1) is 0 Å². The van der Waals surface area contributed by atoms with Crippen LogP contribution in [0.15, 0.2) is 0 Å². The summed E-state index contributed by atoms with van der Waals surface area (Å²) in [4.78, 5) is 24.8. The lowest BCUT2D eigenvalue weighted by molar-refractivity contribution is -0.130. The van der Waals surface area contributed by atoms with Crippen LogP contribution < -0.4 is 11.1 Å². The van der Waals surface area contributed by atoms with Gasteiger partial charge in [0, 0.05) is 32.5 Å². The van der Waals surface area contributed by atoms with Crippen LogP contribution in [0.3, 0.4) is 0 Å². The van der Waals surface area contributed by atoms with Crippen molar-refractivity contribution in [3.05, 3.63) is 0 Å². The van der Waals surface area contributed by atoms with Crippen LogP contribution in [0.25, 0.3) is 0 Å². The minimum Gasteiger partial charge on any atom is -0.356 e. The molecule has 0 aromatic carbocycles. The number of hydrogen-bond donors (Lipinski definition) is 2. The van der Waals surface area contributed by atoms with Gasteiger partial charge in [-0.25, -0.2) is 0 Å². The Morgan fingerprint density at radius 1 is 1.06 bits per heavy atom. The average Bonchev–Trinajstić information content (AvgIpc) is 2.36. The van der Waals surface area contributed by atoms with Gasteiger partial charge in [-0.2, -0.15) is 0 Å². The van der Waals surface area contributed by atoms with Crippen molar-refractivity contribution in [2.75, 3.05) is 26.2 Å². The lowest BCUT2D eigenvalue weighted by Gasteiger charge is -2.18. The van der Waals surface area contributed by atoms with Gasteiger partial charge in [-0.05, 0) is 33.2 Å². The van der Waals surface area contributed by atoms with Gasteiger partial charge < -0.3 is 16.0 Å². The van der Waals surface area contributed by atoms with Crippen LogP contribution in [0.5, 0.6) is 0 Å². The van der Waals surface area contributed by atoms with Crippen molar-refractivity contribution in [2.24, 2.45) is 5.73 Å². The predicted octanol–water partition coefficient (Wildman–Crippen LogP) is 0.880. The third kappa shape index (κ3) is 8.06. The molecule has 0 aromatic rings. The smallest absolute Gasteiger partial charge is 0.224 e. The number of hydrogen-bond acceptors (Lipinski definition) is 3. The molecule has 0 bridgehead atoms. The van der Waals surface area contributed by atoms with Crippen molar-refractivity contribution in [1.82, 2.24) is 10.2 Å². The van der Waals surface area contributed by atoms with Gasteiger partial charge >= 0.3 is 0 Å². The number of nitrogens with one attached hydrogen (secondary N) is 1. The van der Waals surface area contributed by atoms with Crippen molar-refractivity contribution < 1.29 is 9.59 Å². The highest BCUT2D eigenvalue weighted by Gasteiger charge is 2.09. The first-order chi connectivity index (χ1) is 8.65. The van der Waals surface area contributed by atoms with Crippen molar-refractivity contribution in [2.45, 2.75) is 46.0 Å². The second-order valence-corrected chi connectivity index (χ2v) is 4.27. The Morgan fingerprint density at radius 2 is 1.72 bits per heavy atom. The molecule has 0 unspecified atom stereocenters. The monoisotopic (exact) mass is 257 g/mol. The molecule has 0 fully saturated rings. The molecule has 0 saturated heterocycles. The summed E-state index contributed by atoms with van der Waals surface area (Å²) in [5.41, 5.74) is 5.37. The third-order valence-electron chi connectivity index (χ3n) is 2.89. The van der Waals surface area contributed by atoms with Crippen LogP contribution in [0.4, 0.5) is 0 Å². The molecule has 0 aliphatic heterocycles. The highest BCUT2D eigenvalue weighted by molar-refractivity contribution is 5.79. The van der Waals surface area contributed by atoms with Crippen LogP contribution in [0, 0.1) is 0 Å². The normalized spacial score (nSPS) is 10.2. The van der Waals surface area contributed by atoms with E-state index in [1.807, 2.05) is 13.8 Å². The van der Waals surface area contributed by atoms with E-state index in [9.17, 15) is 9.59 Å².